The summed E-state index contributed by atoms with van der Waals surface area (Å²) < 4.78 is 48.1. The molecule has 0 aliphatic carbocycles. The zero-order chi connectivity index (χ0) is 37.0. The van der Waals surface area contributed by atoms with Crippen LogP contribution in [0.2, 0.25) is 0 Å². The van der Waals surface area contributed by atoms with Crippen LogP contribution in [0.3, 0.4) is 0 Å². The van der Waals surface area contributed by atoms with Crippen molar-refractivity contribution < 1.29 is 106 Å². The van der Waals surface area contributed by atoms with Gasteiger partial charge in [0.2, 0.25) is 29.7 Å². The van der Waals surface area contributed by atoms with Gasteiger partial charge in [-0.3, -0.25) is 5.04 Å². The summed E-state index contributed by atoms with van der Waals surface area (Å²) in [6.45, 7) is 1.07. The van der Waals surface area contributed by atoms with Crippen LogP contribution in [0, 0.1) is 0 Å². The van der Waals surface area contributed by atoms with Crippen molar-refractivity contribution >= 4 is 86.2 Å². The number of aromatic nitrogens is 6. The Labute approximate surface area is 358 Å². The molecule has 4 aromatic rings. The van der Waals surface area contributed by atoms with Gasteiger partial charge in [0.25, 0.3) is 5.95 Å². The van der Waals surface area contributed by atoms with Crippen molar-refractivity contribution in [3.8, 4) is 0 Å². The summed E-state index contributed by atoms with van der Waals surface area (Å²) in [7, 11) is -4.47. The Morgan fingerprint density at radius 2 is 1.20 bits per heavy atom. The minimum atomic E-state index is -4.47. The molecule has 0 saturated carbocycles. The van der Waals surface area contributed by atoms with E-state index in [9.17, 15) is 18.2 Å². The van der Waals surface area contributed by atoms with Crippen LogP contribution >= 0.6 is 12.0 Å². The molecule has 0 saturated heterocycles. The fraction of sp³-hybridized carbons (Fsp3) is 0.393. The van der Waals surface area contributed by atoms with Crippen molar-refractivity contribution in [1.29, 1.82) is 0 Å². The molecular weight excluding hydrogens is 774 g/mol. The molecule has 0 atom stereocenters. The Kier molecular flexibility index (Phi) is 23.1. The normalized spacial score (nSPS) is 11.2. The van der Waals surface area contributed by atoms with Crippen LogP contribution < -0.4 is 91.0 Å². The number of nitrogens with zero attached hydrogens (tertiary/aromatic N) is 7. The Hall–Kier alpha value is -2.63. The van der Waals surface area contributed by atoms with Gasteiger partial charge in [0.05, 0.1) is 61.3 Å². The maximum absolute atomic E-state index is 11.1. The van der Waals surface area contributed by atoms with Gasteiger partial charge in [-0.25, -0.2) is 13.4 Å². The number of rotatable bonds is 25. The standard InChI is InChI=1S/C28H38N12O10S2.2Na/c41-11-15-47-13-7-29-23-35-25(31-9-17-51-50-49-43)39-27(37-23)33-21-5-6-22(20-4-2-1-3-19(20)21)34-28-38-24(30-8-14-48-16-12-42)36-26(40-28)32-10-18-52(44,45)46;;/h1-6,9,41-43H,7-8,10-18H2,(H,44,45,46)(H2,29,33,35,37,39)(H3,30,32,34,36,38,40);;/q;2*+1/p-2/b31-9-;;. The van der Waals surface area contributed by atoms with Crippen LogP contribution in [0.1, 0.15) is 0 Å². The first-order valence-corrected chi connectivity index (χ1v) is 18.0. The van der Waals surface area contributed by atoms with Gasteiger partial charge in [0, 0.05) is 60.0 Å². The maximum atomic E-state index is 11.1. The van der Waals surface area contributed by atoms with Crippen molar-refractivity contribution in [3.63, 3.8) is 0 Å². The number of aliphatic hydroxyl groups excluding tert-OH is 2. The first-order chi connectivity index (χ1) is 25.3. The number of anilines is 7. The molecule has 2 aromatic heterocycles. The predicted octanol–water partition coefficient (Wildman–Crippen LogP) is -5.92. The molecule has 0 amide bonds. The molecule has 4 rings (SSSR count). The number of ether oxygens (including phenoxy) is 2. The van der Waals surface area contributed by atoms with E-state index in [2.05, 4.69) is 70.9 Å². The fourth-order valence-corrected chi connectivity index (χ4v) is 4.78. The second-order valence-electron chi connectivity index (χ2n) is 9.99. The summed E-state index contributed by atoms with van der Waals surface area (Å²) >= 11 is 0.725. The number of aliphatic hydroxyl groups is 2. The molecule has 0 aliphatic rings. The van der Waals surface area contributed by atoms with Gasteiger partial charge in [-0.05, 0) is 12.1 Å². The topological polar surface area (TPSA) is 307 Å². The third-order valence-corrected chi connectivity index (χ3v) is 7.41. The number of benzene rings is 2. The van der Waals surface area contributed by atoms with E-state index >= 15 is 0 Å². The molecule has 0 aliphatic heterocycles. The van der Waals surface area contributed by atoms with Gasteiger partial charge < -0.3 is 56.1 Å². The monoisotopic (exact) mass is 810 g/mol. The van der Waals surface area contributed by atoms with Crippen LogP contribution in [0.15, 0.2) is 41.4 Å². The van der Waals surface area contributed by atoms with E-state index in [1.807, 2.05) is 24.3 Å². The number of nitrogens with one attached hydrogen (secondary N) is 5. The van der Waals surface area contributed by atoms with E-state index in [0.717, 1.165) is 22.8 Å². The van der Waals surface area contributed by atoms with Crippen molar-refractivity contribution in [2.75, 3.05) is 97.4 Å². The van der Waals surface area contributed by atoms with Crippen LogP contribution in [0.4, 0.5) is 47.1 Å². The number of hydrogen-bond donors (Lipinski definition) is 7. The summed E-state index contributed by atoms with van der Waals surface area (Å²) in [4.78, 5) is 30.3. The van der Waals surface area contributed by atoms with Crippen molar-refractivity contribution in [3.05, 3.63) is 36.4 Å². The van der Waals surface area contributed by atoms with Crippen molar-refractivity contribution in [2.45, 2.75) is 0 Å². The van der Waals surface area contributed by atoms with Gasteiger partial charge in [0.15, 0.2) is 0 Å². The van der Waals surface area contributed by atoms with E-state index in [4.69, 9.17) is 19.7 Å². The SMILES string of the molecule is O=S(=O)([O-])CCNc1nc(NCCOCCO)nc(Nc2ccc(Nc3nc(/N=C\CSOO[O-])nc(NCCOCCO)n3)c3ccccc23)n1.[Na+].[Na+]. The molecule has 22 nitrogen and oxygen atoms in total. The molecule has 0 radical (unpaired) electrons. The zero-order valence-electron chi connectivity index (χ0n) is 29.4. The average molecular weight is 811 g/mol. The molecule has 2 aromatic carbocycles. The smallest absolute Gasteiger partial charge is 0.748 e. The summed E-state index contributed by atoms with van der Waals surface area (Å²) in [6, 6.07) is 11.0. The fourth-order valence-electron chi connectivity index (χ4n) is 4.19. The Morgan fingerprint density at radius 1 is 0.722 bits per heavy atom. The van der Waals surface area contributed by atoms with Crippen LogP contribution in [-0.2, 0) is 29.0 Å². The van der Waals surface area contributed by atoms with Crippen LogP contribution in [0.25, 0.3) is 10.8 Å². The molecule has 54 heavy (non-hydrogen) atoms. The predicted molar refractivity (Wildman–Crippen MR) is 189 cm³/mol. The molecule has 26 heteroatoms. The number of aliphatic imine (C=N–C) groups is 1. The summed E-state index contributed by atoms with van der Waals surface area (Å²) in [6.07, 6.45) is 1.42. The first kappa shape index (κ1) is 47.5. The van der Waals surface area contributed by atoms with Gasteiger partial charge >= 0.3 is 59.1 Å². The van der Waals surface area contributed by atoms with Gasteiger partial charge in [-0.15, -0.1) is 0 Å². The van der Waals surface area contributed by atoms with Crippen molar-refractivity contribution in [2.24, 2.45) is 4.99 Å². The molecule has 2 heterocycles. The molecule has 0 fully saturated rings. The van der Waals surface area contributed by atoms with Crippen molar-refractivity contribution in [1.82, 2.24) is 29.9 Å². The van der Waals surface area contributed by atoms with Crippen LogP contribution in [0.5, 0.6) is 0 Å². The molecule has 7 N–H and O–H groups in total. The third-order valence-electron chi connectivity index (χ3n) is 6.27. The van der Waals surface area contributed by atoms with E-state index in [1.54, 1.807) is 12.1 Å². The largest absolute Gasteiger partial charge is 1.00 e. The second-order valence-corrected chi connectivity index (χ2v) is 12.2. The molecule has 0 spiro atoms. The Balaban J connectivity index is 0.00000504. The Morgan fingerprint density at radius 3 is 1.72 bits per heavy atom. The summed E-state index contributed by atoms with van der Waals surface area (Å²) in [5.74, 6) is 0.178. The van der Waals surface area contributed by atoms with E-state index in [0.29, 0.717) is 24.5 Å². The second kappa shape index (κ2) is 26.3. The first-order valence-electron chi connectivity index (χ1n) is 15.5. The molecule has 282 valence electrons. The quantitative estimate of drug-likeness (QED) is 0.00623. The van der Waals surface area contributed by atoms with Gasteiger partial charge in [-0.2, -0.15) is 34.2 Å². The van der Waals surface area contributed by atoms with E-state index in [1.165, 1.54) is 6.21 Å². The van der Waals surface area contributed by atoms with Gasteiger partial charge in [-0.1, -0.05) is 24.3 Å². The van der Waals surface area contributed by atoms with E-state index in [-0.39, 0.29) is 147 Å². The Bertz CT molecular complexity index is 1860. The summed E-state index contributed by atoms with van der Waals surface area (Å²) in [5.41, 5.74) is 1.23. The molecular formula is C28H36N12Na2O10S2. The van der Waals surface area contributed by atoms with Crippen LogP contribution in [-0.4, -0.2) is 130 Å². The maximum Gasteiger partial charge on any atom is 1.00 e. The zero-order valence-corrected chi connectivity index (χ0v) is 35.1. The molecule has 0 bridgehead atoms. The number of hydrogen-bond acceptors (Lipinski definition) is 23. The number of fused-ring (bicyclic) bond motifs is 1. The van der Waals surface area contributed by atoms with E-state index < -0.39 is 15.9 Å². The van der Waals surface area contributed by atoms with Gasteiger partial charge in [0.1, 0.15) is 0 Å². The average Bonchev–Trinajstić information content (AvgIpc) is 3.12. The summed E-state index contributed by atoms with van der Waals surface area (Å²) in [5, 5.41) is 47.8. The molecule has 0 unspecified atom stereocenters. The minimum Gasteiger partial charge on any atom is -0.748 e. The third kappa shape index (κ3) is 17.4. The minimum absolute atomic E-state index is 0.